The highest BCUT2D eigenvalue weighted by Crippen LogP contribution is 2.30. The van der Waals surface area contributed by atoms with Crippen LogP contribution in [-0.4, -0.2) is 37.3 Å². The largest absolute Gasteiger partial charge is 0.244 e. The van der Waals surface area contributed by atoms with Gasteiger partial charge in [0.25, 0.3) is 0 Å². The lowest BCUT2D eigenvalue weighted by Crippen LogP contribution is -2.37. The maximum atomic E-state index is 12.6. The molecule has 0 N–H and O–H groups in total. The Kier molecular flexibility index (Phi) is 5.06. The molecule has 1 atom stereocenters. The van der Waals surface area contributed by atoms with Crippen molar-refractivity contribution in [1.29, 1.82) is 0 Å². The monoisotopic (exact) mass is 339 g/mol. The Morgan fingerprint density at radius 2 is 2.21 bits per heavy atom. The van der Waals surface area contributed by atoms with Gasteiger partial charge in [-0.05, 0) is 29.9 Å². The van der Waals surface area contributed by atoms with Gasteiger partial charge >= 0.3 is 0 Å². The first-order valence-corrected chi connectivity index (χ1v) is 9.37. The van der Waals surface area contributed by atoms with E-state index in [0.29, 0.717) is 0 Å². The van der Waals surface area contributed by atoms with Crippen LogP contribution < -0.4 is 0 Å². The summed E-state index contributed by atoms with van der Waals surface area (Å²) in [4.78, 5) is 0.145. The first-order valence-electron chi connectivity index (χ1n) is 5.87. The van der Waals surface area contributed by atoms with Gasteiger partial charge in [0, 0.05) is 24.7 Å². The predicted octanol–water partition coefficient (Wildman–Crippen LogP) is 3.20. The molecule has 1 fully saturated rings. The Morgan fingerprint density at radius 1 is 1.47 bits per heavy atom. The third kappa shape index (κ3) is 3.22. The molecule has 1 heterocycles. The molecule has 1 saturated heterocycles. The Bertz CT molecular complexity index is 557. The summed E-state index contributed by atoms with van der Waals surface area (Å²) in [5, 5.41) is 0.242. The van der Waals surface area contributed by atoms with Crippen molar-refractivity contribution in [2.24, 2.45) is 0 Å². The minimum Gasteiger partial charge on any atom is -0.207 e. The molecule has 1 aliphatic heterocycles. The summed E-state index contributed by atoms with van der Waals surface area (Å²) in [5.41, 5.74) is 0.749. The fourth-order valence-electron chi connectivity index (χ4n) is 1.99. The molecule has 0 radical (unpaired) electrons. The van der Waals surface area contributed by atoms with Crippen molar-refractivity contribution in [3.05, 3.63) is 28.8 Å². The zero-order valence-electron chi connectivity index (χ0n) is 10.5. The fourth-order valence-corrected chi connectivity index (χ4v) is 5.42. The van der Waals surface area contributed by atoms with Crippen molar-refractivity contribution in [3.8, 4) is 0 Å². The molecule has 0 aromatic heterocycles. The molecule has 1 aromatic carbocycles. The number of benzene rings is 1. The Labute approximate surface area is 128 Å². The number of sulfonamides is 1. The molecule has 1 aliphatic rings. The number of hydrogen-bond donors (Lipinski definition) is 0. The maximum Gasteiger partial charge on any atom is 0.244 e. The number of rotatable bonds is 4. The van der Waals surface area contributed by atoms with E-state index in [0.717, 1.165) is 23.5 Å². The van der Waals surface area contributed by atoms with Crippen LogP contribution in [0.3, 0.4) is 0 Å². The molecule has 3 nitrogen and oxygen atoms in total. The highest BCUT2D eigenvalue weighted by molar-refractivity contribution is 7.99. The fraction of sp³-hybridized carbons (Fsp3) is 0.500. The van der Waals surface area contributed by atoms with Crippen molar-refractivity contribution < 1.29 is 8.42 Å². The lowest BCUT2D eigenvalue weighted by molar-refractivity contribution is 0.394. The third-order valence-corrected chi connectivity index (χ3v) is 7.07. The van der Waals surface area contributed by atoms with Gasteiger partial charge in [-0.3, -0.25) is 0 Å². The van der Waals surface area contributed by atoms with E-state index < -0.39 is 10.0 Å². The molecule has 0 bridgehead atoms. The normalized spacial score (nSPS) is 20.1. The van der Waals surface area contributed by atoms with Gasteiger partial charge in [0.1, 0.15) is 4.90 Å². The number of alkyl halides is 1. The average Bonchev–Trinajstić information content (AvgIpc) is 2.92. The van der Waals surface area contributed by atoms with Gasteiger partial charge in [0.15, 0.2) is 0 Å². The Balaban J connectivity index is 2.38. The van der Waals surface area contributed by atoms with E-state index in [4.69, 9.17) is 23.2 Å². The SMILES string of the molecule is CN(C1CCSC1)S(=O)(=O)c1cc(CCl)ccc1Cl. The van der Waals surface area contributed by atoms with Gasteiger partial charge in [-0.15, -0.1) is 11.6 Å². The maximum absolute atomic E-state index is 12.6. The molecule has 19 heavy (non-hydrogen) atoms. The second-order valence-corrected chi connectivity index (χ2v) is 8.23. The summed E-state index contributed by atoms with van der Waals surface area (Å²) in [5.74, 6) is 2.10. The van der Waals surface area contributed by atoms with Gasteiger partial charge in [0.2, 0.25) is 10.0 Å². The smallest absolute Gasteiger partial charge is 0.207 e. The minimum absolute atomic E-state index is 0.0470. The highest BCUT2D eigenvalue weighted by Gasteiger charge is 2.31. The van der Waals surface area contributed by atoms with Crippen LogP contribution in [0.25, 0.3) is 0 Å². The first kappa shape index (κ1) is 15.4. The van der Waals surface area contributed by atoms with Crippen molar-refractivity contribution >= 4 is 45.0 Å². The zero-order valence-corrected chi connectivity index (χ0v) is 13.6. The Morgan fingerprint density at radius 3 is 2.79 bits per heavy atom. The lowest BCUT2D eigenvalue weighted by Gasteiger charge is -2.23. The van der Waals surface area contributed by atoms with Crippen molar-refractivity contribution in [3.63, 3.8) is 0 Å². The van der Waals surface area contributed by atoms with E-state index in [2.05, 4.69) is 0 Å². The Hall–Kier alpha value is 0.0600. The number of halogens is 2. The van der Waals surface area contributed by atoms with E-state index in [1.54, 1.807) is 37.0 Å². The third-order valence-electron chi connectivity index (χ3n) is 3.23. The van der Waals surface area contributed by atoms with Crippen LogP contribution in [0.2, 0.25) is 5.02 Å². The summed E-state index contributed by atoms with van der Waals surface area (Å²) in [6.45, 7) is 0. The molecule has 2 rings (SSSR count). The van der Waals surface area contributed by atoms with Crippen LogP contribution >= 0.6 is 35.0 Å². The topological polar surface area (TPSA) is 37.4 Å². The lowest BCUT2D eigenvalue weighted by atomic mass is 10.2. The molecular formula is C12H15Cl2NO2S2. The minimum atomic E-state index is -3.56. The standard InChI is InChI=1S/C12H15Cl2NO2S2/c1-15(10-4-5-18-8-10)19(16,17)12-6-9(7-13)2-3-11(12)14/h2-3,6,10H,4-5,7-8H2,1H3. The van der Waals surface area contributed by atoms with Crippen LogP contribution in [0, 0.1) is 0 Å². The van der Waals surface area contributed by atoms with Crippen LogP contribution in [0.5, 0.6) is 0 Å². The van der Waals surface area contributed by atoms with Crippen LogP contribution in [-0.2, 0) is 15.9 Å². The summed E-state index contributed by atoms with van der Waals surface area (Å²) in [6.07, 6.45) is 0.882. The number of hydrogen-bond acceptors (Lipinski definition) is 3. The van der Waals surface area contributed by atoms with Gasteiger partial charge in [-0.1, -0.05) is 17.7 Å². The zero-order chi connectivity index (χ0) is 14.0. The van der Waals surface area contributed by atoms with Gasteiger partial charge in [-0.2, -0.15) is 16.1 Å². The summed E-state index contributed by atoms with van der Waals surface area (Å²) in [7, 11) is -1.94. The van der Waals surface area contributed by atoms with Crippen molar-refractivity contribution in [2.75, 3.05) is 18.6 Å². The number of nitrogens with zero attached hydrogens (tertiary/aromatic N) is 1. The van der Waals surface area contributed by atoms with E-state index in [-0.39, 0.29) is 21.8 Å². The van der Waals surface area contributed by atoms with Gasteiger partial charge in [0.05, 0.1) is 5.02 Å². The molecule has 1 unspecified atom stereocenters. The van der Waals surface area contributed by atoms with Crippen LogP contribution in [0.15, 0.2) is 23.1 Å². The summed E-state index contributed by atoms with van der Waals surface area (Å²) >= 11 is 13.6. The van der Waals surface area contributed by atoms with Gasteiger partial charge in [-0.25, -0.2) is 8.42 Å². The molecule has 0 amide bonds. The molecule has 1 aromatic rings. The quantitative estimate of drug-likeness (QED) is 0.790. The molecule has 0 saturated carbocycles. The average molecular weight is 340 g/mol. The number of thioether (sulfide) groups is 1. The van der Waals surface area contributed by atoms with E-state index >= 15 is 0 Å². The first-order chi connectivity index (χ1) is 8.96. The molecule has 0 aliphatic carbocycles. The van der Waals surface area contributed by atoms with Crippen LogP contribution in [0.1, 0.15) is 12.0 Å². The summed E-state index contributed by atoms with van der Waals surface area (Å²) < 4.78 is 26.6. The van der Waals surface area contributed by atoms with Crippen LogP contribution in [0.4, 0.5) is 0 Å². The second-order valence-electron chi connectivity index (χ2n) is 4.44. The highest BCUT2D eigenvalue weighted by atomic mass is 35.5. The molecular weight excluding hydrogens is 325 g/mol. The molecule has 106 valence electrons. The van der Waals surface area contributed by atoms with Crippen molar-refractivity contribution in [1.82, 2.24) is 4.31 Å². The second kappa shape index (κ2) is 6.22. The predicted molar refractivity (Wildman–Crippen MR) is 81.7 cm³/mol. The molecule has 0 spiro atoms. The molecule has 7 heteroatoms. The van der Waals surface area contributed by atoms with Gasteiger partial charge < -0.3 is 0 Å². The van der Waals surface area contributed by atoms with E-state index in [9.17, 15) is 8.42 Å². The van der Waals surface area contributed by atoms with E-state index in [1.165, 1.54) is 4.31 Å². The summed E-state index contributed by atoms with van der Waals surface area (Å²) in [6, 6.07) is 4.93. The van der Waals surface area contributed by atoms with Crippen molar-refractivity contribution in [2.45, 2.75) is 23.2 Å². The van der Waals surface area contributed by atoms with E-state index in [1.807, 2.05) is 0 Å².